The summed E-state index contributed by atoms with van der Waals surface area (Å²) in [7, 11) is -3.53. The summed E-state index contributed by atoms with van der Waals surface area (Å²) < 4.78 is 39.8. The quantitative estimate of drug-likeness (QED) is 0.782. The molecule has 0 aromatic heterocycles. The number of benzene rings is 1. The number of rotatable bonds is 5. The molecule has 1 aromatic carbocycles. The van der Waals surface area contributed by atoms with Gasteiger partial charge in [-0.05, 0) is 52.8 Å². The van der Waals surface area contributed by atoms with Gasteiger partial charge >= 0.3 is 10.1 Å². The zero-order valence-corrected chi connectivity index (χ0v) is 13.9. The summed E-state index contributed by atoms with van der Waals surface area (Å²) in [5, 5.41) is 0. The van der Waals surface area contributed by atoms with E-state index in [1.54, 1.807) is 25.1 Å². The maximum atomic E-state index is 11.6. The third kappa shape index (κ3) is 3.32. The van der Waals surface area contributed by atoms with Gasteiger partial charge in [0.2, 0.25) is 6.29 Å². The molecule has 0 amide bonds. The molecule has 2 rings (SSSR count). The minimum atomic E-state index is -3.53. The van der Waals surface area contributed by atoms with Crippen LogP contribution in [0.4, 0.5) is 0 Å². The van der Waals surface area contributed by atoms with Crippen LogP contribution in [0.2, 0.25) is 0 Å². The first-order chi connectivity index (χ1) is 9.65. The lowest BCUT2D eigenvalue weighted by Crippen LogP contribution is -2.36. The predicted molar refractivity (Wildman–Crippen MR) is 80.2 cm³/mol. The second-order valence-corrected chi connectivity index (χ2v) is 7.80. The molecule has 118 valence electrons. The van der Waals surface area contributed by atoms with Crippen molar-refractivity contribution in [1.82, 2.24) is 0 Å². The van der Waals surface area contributed by atoms with Gasteiger partial charge < -0.3 is 13.7 Å². The van der Waals surface area contributed by atoms with E-state index in [9.17, 15) is 8.42 Å². The standard InChI is InChI=1S/C15H22O5S/c1-6-21(16,17)20-11-7-8-13-12(9-11)15(4,5)14(19-13)18-10(2)3/h7-10,14H,6H2,1-5H3. The van der Waals surface area contributed by atoms with E-state index >= 15 is 0 Å². The van der Waals surface area contributed by atoms with Crippen LogP contribution >= 0.6 is 0 Å². The van der Waals surface area contributed by atoms with Crippen molar-refractivity contribution in [3.05, 3.63) is 23.8 Å². The molecule has 0 bridgehead atoms. The molecule has 6 heteroatoms. The highest BCUT2D eigenvalue weighted by Gasteiger charge is 2.43. The molecule has 0 aliphatic carbocycles. The Hall–Kier alpha value is -1.27. The van der Waals surface area contributed by atoms with Crippen LogP contribution in [0.5, 0.6) is 11.5 Å². The molecule has 0 saturated carbocycles. The minimum Gasteiger partial charge on any atom is -0.464 e. The van der Waals surface area contributed by atoms with Crippen molar-refractivity contribution in [2.75, 3.05) is 5.75 Å². The van der Waals surface area contributed by atoms with Crippen LogP contribution in [0.25, 0.3) is 0 Å². The lowest BCUT2D eigenvalue weighted by Gasteiger charge is -2.27. The van der Waals surface area contributed by atoms with E-state index in [2.05, 4.69) is 0 Å². The van der Waals surface area contributed by atoms with E-state index in [1.807, 2.05) is 27.7 Å². The van der Waals surface area contributed by atoms with Crippen molar-refractivity contribution in [3.63, 3.8) is 0 Å². The van der Waals surface area contributed by atoms with Gasteiger partial charge in [-0.1, -0.05) is 0 Å². The third-order valence-corrected chi connectivity index (χ3v) is 4.59. The van der Waals surface area contributed by atoms with Gasteiger partial charge in [0.05, 0.1) is 17.3 Å². The highest BCUT2D eigenvalue weighted by Crippen LogP contribution is 2.45. The Morgan fingerprint density at radius 2 is 2.00 bits per heavy atom. The Labute approximate surface area is 126 Å². The van der Waals surface area contributed by atoms with Crippen molar-refractivity contribution < 1.29 is 22.1 Å². The molecular weight excluding hydrogens is 292 g/mol. The van der Waals surface area contributed by atoms with Crippen LogP contribution in [-0.2, 0) is 20.3 Å². The van der Waals surface area contributed by atoms with Gasteiger partial charge in [-0.15, -0.1) is 0 Å². The lowest BCUT2D eigenvalue weighted by molar-refractivity contribution is -0.128. The molecule has 0 radical (unpaired) electrons. The average Bonchev–Trinajstić information content (AvgIpc) is 2.61. The maximum Gasteiger partial charge on any atom is 0.308 e. The first-order valence-corrected chi connectivity index (χ1v) is 8.62. The summed E-state index contributed by atoms with van der Waals surface area (Å²) in [5.41, 5.74) is 0.506. The molecular formula is C15H22O5S. The summed E-state index contributed by atoms with van der Waals surface area (Å²) in [6, 6.07) is 5.04. The number of fused-ring (bicyclic) bond motifs is 1. The largest absolute Gasteiger partial charge is 0.464 e. The molecule has 0 spiro atoms. The van der Waals surface area contributed by atoms with Crippen molar-refractivity contribution in [2.24, 2.45) is 0 Å². The lowest BCUT2D eigenvalue weighted by atomic mass is 9.85. The maximum absolute atomic E-state index is 11.6. The Balaban J connectivity index is 2.31. The SMILES string of the molecule is CCS(=O)(=O)Oc1ccc2c(c1)C(C)(C)C(OC(C)C)O2. The topological polar surface area (TPSA) is 61.8 Å². The highest BCUT2D eigenvalue weighted by atomic mass is 32.2. The van der Waals surface area contributed by atoms with Crippen LogP contribution < -0.4 is 8.92 Å². The van der Waals surface area contributed by atoms with Gasteiger partial charge in [-0.25, -0.2) is 0 Å². The van der Waals surface area contributed by atoms with E-state index in [-0.39, 0.29) is 17.3 Å². The average molecular weight is 314 g/mol. The van der Waals surface area contributed by atoms with Gasteiger partial charge in [0.15, 0.2) is 0 Å². The molecule has 1 aliphatic heterocycles. The molecule has 0 saturated heterocycles. The van der Waals surface area contributed by atoms with Gasteiger partial charge in [0.1, 0.15) is 11.5 Å². The number of hydrogen-bond acceptors (Lipinski definition) is 5. The Morgan fingerprint density at radius 1 is 1.33 bits per heavy atom. The molecule has 1 aliphatic rings. The number of hydrogen-bond donors (Lipinski definition) is 0. The van der Waals surface area contributed by atoms with E-state index < -0.39 is 16.4 Å². The molecule has 1 unspecified atom stereocenters. The van der Waals surface area contributed by atoms with Gasteiger partial charge in [-0.3, -0.25) is 0 Å². The third-order valence-electron chi connectivity index (χ3n) is 3.44. The first-order valence-electron chi connectivity index (χ1n) is 7.04. The fraction of sp³-hybridized carbons (Fsp3) is 0.600. The summed E-state index contributed by atoms with van der Waals surface area (Å²) in [4.78, 5) is 0. The first kappa shape index (κ1) is 16.1. The summed E-state index contributed by atoms with van der Waals surface area (Å²) in [5.74, 6) is 0.938. The fourth-order valence-corrected chi connectivity index (χ4v) is 2.72. The second-order valence-electron chi connectivity index (χ2n) is 5.94. The predicted octanol–water partition coefficient (Wildman–Crippen LogP) is 2.84. The smallest absolute Gasteiger partial charge is 0.308 e. The Bertz CT molecular complexity index is 619. The second kappa shape index (κ2) is 5.50. The van der Waals surface area contributed by atoms with E-state index in [4.69, 9.17) is 13.7 Å². The highest BCUT2D eigenvalue weighted by molar-refractivity contribution is 7.87. The van der Waals surface area contributed by atoms with Crippen LogP contribution in [0, 0.1) is 0 Å². The molecule has 5 nitrogen and oxygen atoms in total. The van der Waals surface area contributed by atoms with Gasteiger partial charge in [0, 0.05) is 5.56 Å². The van der Waals surface area contributed by atoms with E-state index in [0.29, 0.717) is 11.5 Å². The molecule has 21 heavy (non-hydrogen) atoms. The molecule has 0 fully saturated rings. The van der Waals surface area contributed by atoms with Crippen LogP contribution in [-0.4, -0.2) is 26.6 Å². The fourth-order valence-electron chi connectivity index (χ4n) is 2.21. The van der Waals surface area contributed by atoms with Crippen molar-refractivity contribution in [1.29, 1.82) is 0 Å². The van der Waals surface area contributed by atoms with Gasteiger partial charge in [0.25, 0.3) is 0 Å². The number of ether oxygens (including phenoxy) is 2. The molecule has 1 heterocycles. The zero-order valence-electron chi connectivity index (χ0n) is 13.0. The molecule has 0 N–H and O–H groups in total. The Kier molecular flexibility index (Phi) is 4.22. The summed E-state index contributed by atoms with van der Waals surface area (Å²) in [6.45, 7) is 9.45. The van der Waals surface area contributed by atoms with E-state index in [1.165, 1.54) is 0 Å². The summed E-state index contributed by atoms with van der Waals surface area (Å²) in [6.07, 6.45) is -0.356. The van der Waals surface area contributed by atoms with Crippen LogP contribution in [0.1, 0.15) is 40.2 Å². The van der Waals surface area contributed by atoms with Crippen LogP contribution in [0.3, 0.4) is 0 Å². The normalized spacial score (nSPS) is 20.2. The molecule has 1 aromatic rings. The monoisotopic (exact) mass is 314 g/mol. The van der Waals surface area contributed by atoms with Crippen molar-refractivity contribution in [2.45, 2.75) is 52.4 Å². The summed E-state index contributed by atoms with van der Waals surface area (Å²) >= 11 is 0. The minimum absolute atomic E-state index is 0.0415. The zero-order chi connectivity index (χ0) is 15.8. The van der Waals surface area contributed by atoms with Crippen LogP contribution in [0.15, 0.2) is 18.2 Å². The molecule has 1 atom stereocenters. The van der Waals surface area contributed by atoms with Crippen molar-refractivity contribution >= 4 is 10.1 Å². The van der Waals surface area contributed by atoms with Gasteiger partial charge in [-0.2, -0.15) is 8.42 Å². The Morgan fingerprint density at radius 3 is 2.57 bits per heavy atom. The van der Waals surface area contributed by atoms with Crippen molar-refractivity contribution in [3.8, 4) is 11.5 Å². The van der Waals surface area contributed by atoms with E-state index in [0.717, 1.165) is 5.56 Å².